The number of hydrogen-bond donors (Lipinski definition) is 0. The molecule has 0 bridgehead atoms. The van der Waals surface area contributed by atoms with Crippen LogP contribution in [0.3, 0.4) is 0 Å². The topological polar surface area (TPSA) is 17.1 Å². The molecule has 1 aromatic rings. The van der Waals surface area contributed by atoms with Crippen LogP contribution in [0, 0.1) is 0 Å². The van der Waals surface area contributed by atoms with E-state index in [1.165, 1.54) is 0 Å². The zero-order chi connectivity index (χ0) is 9.90. The van der Waals surface area contributed by atoms with E-state index in [2.05, 4.69) is 0 Å². The molecule has 1 nitrogen and oxygen atoms in total. The molecule has 1 aromatic carbocycles. The van der Waals surface area contributed by atoms with Gasteiger partial charge in [-0.1, -0.05) is 30.3 Å². The van der Waals surface area contributed by atoms with Crippen LogP contribution in [0.25, 0.3) is 0 Å². The van der Waals surface area contributed by atoms with E-state index < -0.39 is 12.8 Å². The van der Waals surface area contributed by atoms with E-state index in [4.69, 9.17) is 4.11 Å². The molecule has 0 radical (unpaired) electrons. The maximum absolute atomic E-state index is 10.3. The molecule has 1 heteroatoms. The van der Waals surface area contributed by atoms with Gasteiger partial charge in [0.15, 0.2) is 0 Å². The summed E-state index contributed by atoms with van der Waals surface area (Å²) in [5, 5.41) is 0. The molecular formula is C9H10O. The molecule has 0 N–H and O–H groups in total. The van der Waals surface area contributed by atoms with Crippen LogP contribution in [-0.4, -0.2) is 6.29 Å². The fourth-order valence-corrected chi connectivity index (χ4v) is 0.680. The first-order valence-corrected chi connectivity index (χ1v) is 3.01. The molecule has 0 heterocycles. The van der Waals surface area contributed by atoms with Crippen LogP contribution < -0.4 is 0 Å². The lowest BCUT2D eigenvalue weighted by atomic mass is 10.1. The van der Waals surface area contributed by atoms with Gasteiger partial charge in [0.1, 0.15) is 6.29 Å². The highest BCUT2D eigenvalue weighted by molar-refractivity contribution is 5.49. The Morgan fingerprint density at radius 1 is 1.40 bits per heavy atom. The molecule has 10 heavy (non-hydrogen) atoms. The second-order valence-electron chi connectivity index (χ2n) is 1.84. The van der Waals surface area contributed by atoms with E-state index in [-0.39, 0.29) is 6.29 Å². The Morgan fingerprint density at radius 2 is 2.10 bits per heavy atom. The van der Waals surface area contributed by atoms with E-state index in [0.717, 1.165) is 0 Å². The van der Waals surface area contributed by atoms with Crippen molar-refractivity contribution in [3.63, 3.8) is 0 Å². The summed E-state index contributed by atoms with van der Waals surface area (Å²) in [5.74, 6) is 0. The number of aryl methyl sites for hydroxylation is 1. The van der Waals surface area contributed by atoms with E-state index in [1.54, 1.807) is 30.3 Å². The molecule has 1 rings (SSSR count). The smallest absolute Gasteiger partial charge is 0.120 e. The van der Waals surface area contributed by atoms with Gasteiger partial charge in [0.2, 0.25) is 0 Å². The molecule has 0 saturated heterocycles. The minimum Gasteiger partial charge on any atom is -0.303 e. The first kappa shape index (κ1) is 3.91. The Labute approximate surface area is 64.9 Å². The van der Waals surface area contributed by atoms with Crippen molar-refractivity contribution in [2.45, 2.75) is 12.8 Å². The van der Waals surface area contributed by atoms with E-state index in [1.807, 2.05) is 0 Å². The van der Waals surface area contributed by atoms with Crippen molar-refractivity contribution in [3.05, 3.63) is 35.9 Å². The molecule has 0 aliphatic rings. The average Bonchev–Trinajstić information content (AvgIpc) is 2.18. The van der Waals surface area contributed by atoms with Gasteiger partial charge < -0.3 is 4.79 Å². The van der Waals surface area contributed by atoms with Crippen LogP contribution in [0.4, 0.5) is 0 Å². The molecule has 0 aromatic heterocycles. The van der Waals surface area contributed by atoms with Crippen LogP contribution in [0.15, 0.2) is 30.3 Å². The van der Waals surface area contributed by atoms with Gasteiger partial charge in [-0.2, -0.15) is 0 Å². The minimum absolute atomic E-state index is 0.178. The lowest BCUT2D eigenvalue weighted by Gasteiger charge is -1.93. The lowest BCUT2D eigenvalue weighted by molar-refractivity contribution is -0.107. The van der Waals surface area contributed by atoms with Crippen molar-refractivity contribution < 1.29 is 8.91 Å². The second-order valence-corrected chi connectivity index (χ2v) is 1.84. The van der Waals surface area contributed by atoms with Gasteiger partial charge in [0, 0.05) is 10.5 Å². The van der Waals surface area contributed by atoms with Gasteiger partial charge in [0.25, 0.3) is 0 Å². The lowest BCUT2D eigenvalue weighted by Crippen LogP contribution is -1.83. The van der Waals surface area contributed by atoms with Crippen LogP contribution in [0.5, 0.6) is 0 Å². The maximum atomic E-state index is 10.3. The highest BCUT2D eigenvalue weighted by Gasteiger charge is 1.87. The summed E-state index contributed by atoms with van der Waals surface area (Å²) in [5.41, 5.74) is 0.514. The third-order valence-electron chi connectivity index (χ3n) is 1.12. The zero-order valence-corrected chi connectivity index (χ0v) is 5.45. The van der Waals surface area contributed by atoms with Crippen LogP contribution in [0.1, 0.15) is 16.0 Å². The van der Waals surface area contributed by atoms with Crippen LogP contribution >= 0.6 is 0 Å². The Morgan fingerprint density at radius 3 is 2.70 bits per heavy atom. The summed E-state index contributed by atoms with van der Waals surface area (Å²) in [6, 6.07) is 8.50. The highest BCUT2D eigenvalue weighted by atomic mass is 16.1. The van der Waals surface area contributed by atoms with Crippen molar-refractivity contribution in [1.82, 2.24) is 0 Å². The third-order valence-corrected chi connectivity index (χ3v) is 1.12. The molecule has 0 amide bonds. The number of rotatable bonds is 3. The number of carbonyl (C=O) groups is 1. The maximum Gasteiger partial charge on any atom is 0.120 e. The summed E-state index contributed by atoms with van der Waals surface area (Å²) in [6.07, 6.45) is -3.08. The number of hydrogen-bond acceptors (Lipinski definition) is 1. The normalized spacial score (nSPS) is 18.2. The van der Waals surface area contributed by atoms with Crippen molar-refractivity contribution in [3.8, 4) is 0 Å². The molecule has 52 valence electrons. The van der Waals surface area contributed by atoms with Gasteiger partial charge in [0.05, 0.1) is 0 Å². The van der Waals surface area contributed by atoms with E-state index in [9.17, 15) is 4.79 Å². The molecule has 0 saturated carbocycles. The molecule has 0 spiro atoms. The summed E-state index contributed by atoms with van der Waals surface area (Å²) in [4.78, 5) is 10.3. The Bertz CT molecular complexity index is 284. The van der Waals surface area contributed by atoms with Crippen molar-refractivity contribution in [1.29, 1.82) is 0 Å². The highest BCUT2D eigenvalue weighted by Crippen LogP contribution is 1.99. The molecule has 0 fully saturated rings. The van der Waals surface area contributed by atoms with Gasteiger partial charge in [-0.25, -0.2) is 0 Å². The zero-order valence-electron chi connectivity index (χ0n) is 8.45. The Hall–Kier alpha value is -1.11. The van der Waals surface area contributed by atoms with Crippen LogP contribution in [0.2, 0.25) is 0 Å². The van der Waals surface area contributed by atoms with Crippen molar-refractivity contribution in [2.24, 2.45) is 0 Å². The predicted octanol–water partition coefficient (Wildman–Crippen LogP) is 1.82. The predicted molar refractivity (Wildman–Crippen MR) is 40.8 cm³/mol. The SMILES string of the molecule is [2H]C(c1ccccc1)C([2H])([2H])C=O. The first-order valence-electron chi connectivity index (χ1n) is 4.59. The molecule has 1 unspecified atom stereocenters. The first-order chi connectivity index (χ1) is 6.08. The minimum atomic E-state index is -2.11. The fourth-order valence-electron chi connectivity index (χ4n) is 0.680. The van der Waals surface area contributed by atoms with Gasteiger partial charge in [-0.05, 0) is 12.0 Å². The summed E-state index contributed by atoms with van der Waals surface area (Å²) < 4.78 is 22.0. The fraction of sp³-hybridized carbons (Fsp3) is 0.222. The standard InChI is InChI=1S/C9H10O/c10-8-4-7-9-5-2-1-3-6-9/h1-3,5-6,8H,4,7H2/i4D2,7D. The number of carbonyl (C=O) groups excluding carboxylic acids is 1. The number of benzene rings is 1. The van der Waals surface area contributed by atoms with E-state index in [0.29, 0.717) is 5.56 Å². The van der Waals surface area contributed by atoms with Gasteiger partial charge >= 0.3 is 0 Å². The van der Waals surface area contributed by atoms with Gasteiger partial charge in [-0.3, -0.25) is 0 Å². The second kappa shape index (κ2) is 3.83. The summed E-state index contributed by atoms with van der Waals surface area (Å²) >= 11 is 0. The van der Waals surface area contributed by atoms with Crippen molar-refractivity contribution in [2.75, 3.05) is 0 Å². The molecule has 1 atom stereocenters. The Balaban J connectivity index is 2.91. The van der Waals surface area contributed by atoms with Crippen molar-refractivity contribution >= 4 is 6.29 Å². The molecular weight excluding hydrogens is 124 g/mol. The van der Waals surface area contributed by atoms with Gasteiger partial charge in [-0.15, -0.1) is 0 Å². The summed E-state index contributed by atoms with van der Waals surface area (Å²) in [7, 11) is 0. The largest absolute Gasteiger partial charge is 0.303 e. The number of aldehydes is 1. The quantitative estimate of drug-likeness (QED) is 0.581. The van der Waals surface area contributed by atoms with E-state index >= 15 is 0 Å². The monoisotopic (exact) mass is 137 g/mol. The summed E-state index contributed by atoms with van der Waals surface area (Å²) in [6.45, 7) is 0. The van der Waals surface area contributed by atoms with Crippen LogP contribution in [-0.2, 0) is 11.2 Å². The third kappa shape index (κ3) is 2.02. The molecule has 0 aliphatic carbocycles. The average molecular weight is 137 g/mol. The molecule has 0 aliphatic heterocycles. The Kier molecular flexibility index (Phi) is 1.50.